The summed E-state index contributed by atoms with van der Waals surface area (Å²) in [5, 5.41) is 2.69. The highest BCUT2D eigenvalue weighted by Crippen LogP contribution is 2.52. The summed E-state index contributed by atoms with van der Waals surface area (Å²) >= 11 is 1.86. The zero-order valence-electron chi connectivity index (χ0n) is 33.2. The van der Waals surface area contributed by atoms with Gasteiger partial charge in [-0.15, -0.1) is 0 Å². The van der Waals surface area contributed by atoms with Gasteiger partial charge in [0.25, 0.3) is 0 Å². The van der Waals surface area contributed by atoms with Crippen LogP contribution >= 0.6 is 11.8 Å². The lowest BCUT2D eigenvalue weighted by atomic mass is 9.78. The van der Waals surface area contributed by atoms with E-state index in [0.29, 0.717) is 0 Å². The molecule has 0 amide bonds. The van der Waals surface area contributed by atoms with E-state index < -0.39 is 0 Å². The van der Waals surface area contributed by atoms with Gasteiger partial charge in [-0.2, -0.15) is 4.58 Å². The molecule has 0 N–H and O–H groups in total. The van der Waals surface area contributed by atoms with Gasteiger partial charge in [0.15, 0.2) is 5.71 Å². The summed E-state index contributed by atoms with van der Waals surface area (Å²) in [6.07, 6.45) is 29.9. The fourth-order valence-corrected chi connectivity index (χ4v) is 10.5. The van der Waals surface area contributed by atoms with Crippen LogP contribution in [0.15, 0.2) is 135 Å². The Morgan fingerprint density at radius 1 is 0.852 bits per heavy atom. The molecule has 2 heterocycles. The highest BCUT2D eigenvalue weighted by Gasteiger charge is 2.46. The molecule has 0 aromatic heterocycles. The molecule has 3 aromatic rings. The summed E-state index contributed by atoms with van der Waals surface area (Å²) in [5.74, 6) is 0. The van der Waals surface area contributed by atoms with E-state index in [4.69, 9.17) is 0 Å². The number of fused-ring (bicyclic) bond motifs is 6. The van der Waals surface area contributed by atoms with Crippen molar-refractivity contribution in [2.75, 3.05) is 18.0 Å². The Labute approximate surface area is 328 Å². The average molecular weight is 728 g/mol. The Morgan fingerprint density at radius 2 is 1.70 bits per heavy atom. The molecule has 0 saturated heterocycles. The summed E-state index contributed by atoms with van der Waals surface area (Å²) < 4.78 is 2.61. The molecule has 5 aliphatic rings. The van der Waals surface area contributed by atoms with Gasteiger partial charge in [0.05, 0.1) is 10.3 Å². The van der Waals surface area contributed by atoms with Gasteiger partial charge in [-0.25, -0.2) is 0 Å². The number of benzene rings is 3. The maximum absolute atomic E-state index is 3.40. The Kier molecular flexibility index (Phi) is 10.1. The highest BCUT2D eigenvalue weighted by molar-refractivity contribution is 8.07. The van der Waals surface area contributed by atoms with Gasteiger partial charge < -0.3 is 4.90 Å². The smallest absolute Gasteiger partial charge is 0.210 e. The molecule has 2 aliphatic heterocycles. The second-order valence-electron chi connectivity index (χ2n) is 16.5. The maximum atomic E-state index is 3.40. The van der Waals surface area contributed by atoms with Crippen molar-refractivity contribution < 1.29 is 4.58 Å². The normalized spacial score (nSPS) is 20.7. The third-order valence-corrected chi connectivity index (χ3v) is 13.4. The summed E-state index contributed by atoms with van der Waals surface area (Å²) in [4.78, 5) is 5.12. The minimum Gasteiger partial charge on any atom is -0.344 e. The fraction of sp³-hybridized carbons (Fsp3) is 0.353. The number of nitrogens with zero attached hydrogens (tertiary/aromatic N) is 2. The number of rotatable bonds is 11. The van der Waals surface area contributed by atoms with Gasteiger partial charge in [-0.05, 0) is 115 Å². The first-order valence-electron chi connectivity index (χ1n) is 20.4. The summed E-state index contributed by atoms with van der Waals surface area (Å²) in [6, 6.07) is 18.4. The van der Waals surface area contributed by atoms with Crippen molar-refractivity contribution in [3.05, 3.63) is 158 Å². The van der Waals surface area contributed by atoms with Crippen molar-refractivity contribution in [2.45, 2.75) is 104 Å². The van der Waals surface area contributed by atoms with Crippen LogP contribution in [0, 0.1) is 0 Å². The lowest BCUT2D eigenvalue weighted by molar-refractivity contribution is -0.438. The van der Waals surface area contributed by atoms with E-state index in [1.165, 1.54) is 97.5 Å². The highest BCUT2D eigenvalue weighted by atomic mass is 32.2. The van der Waals surface area contributed by atoms with Crippen molar-refractivity contribution in [1.82, 2.24) is 0 Å². The van der Waals surface area contributed by atoms with Gasteiger partial charge in [0.2, 0.25) is 5.69 Å². The molecular formula is C51H55N2S+. The van der Waals surface area contributed by atoms with Crippen LogP contribution in [-0.4, -0.2) is 23.4 Å². The van der Waals surface area contributed by atoms with Gasteiger partial charge in [0.1, 0.15) is 6.54 Å². The molecule has 2 nitrogen and oxygen atoms in total. The van der Waals surface area contributed by atoms with Crippen LogP contribution in [0.2, 0.25) is 0 Å². The Hall–Kier alpha value is -4.52. The molecule has 0 bridgehead atoms. The predicted molar refractivity (Wildman–Crippen MR) is 234 cm³/mol. The molecule has 8 rings (SSSR count). The Balaban J connectivity index is 1.21. The lowest BCUT2D eigenvalue weighted by Gasteiger charge is -2.27. The second kappa shape index (κ2) is 15.0. The summed E-state index contributed by atoms with van der Waals surface area (Å²) in [6.45, 7) is 16.4. The third-order valence-electron chi connectivity index (χ3n) is 12.2. The van der Waals surface area contributed by atoms with E-state index in [9.17, 15) is 0 Å². The monoisotopic (exact) mass is 727 g/mol. The third kappa shape index (κ3) is 6.41. The van der Waals surface area contributed by atoms with Crippen LogP contribution in [-0.2, 0) is 17.3 Å². The molecule has 54 heavy (non-hydrogen) atoms. The SMILES string of the molecule is CCCCN1/C(=C\C=C2\CCC(/C=C/C3=[N+](CCCC)c4ccc5ccccc5c4C3(C)C)=C2SC2=C=C=CC=C2)C(C)(C)c2c1ccc1c2C=CCC1. The van der Waals surface area contributed by atoms with Gasteiger partial charge in [-0.3, -0.25) is 0 Å². The number of hydrogen-bond donors (Lipinski definition) is 0. The van der Waals surface area contributed by atoms with Gasteiger partial charge in [-0.1, -0.05) is 124 Å². The first-order valence-corrected chi connectivity index (χ1v) is 21.2. The maximum Gasteiger partial charge on any atom is 0.210 e. The fourth-order valence-electron chi connectivity index (χ4n) is 9.44. The van der Waals surface area contributed by atoms with Crippen LogP contribution in [0.25, 0.3) is 16.8 Å². The molecule has 0 unspecified atom stereocenters. The Morgan fingerprint density at radius 3 is 2.52 bits per heavy atom. The predicted octanol–water partition coefficient (Wildman–Crippen LogP) is 13.5. The van der Waals surface area contributed by atoms with Crippen molar-refractivity contribution in [1.29, 1.82) is 0 Å². The molecule has 0 fully saturated rings. The average Bonchev–Trinajstić information content (AvgIpc) is 3.74. The zero-order chi connectivity index (χ0) is 37.5. The molecule has 3 aliphatic carbocycles. The molecule has 0 atom stereocenters. The molecule has 3 heteroatoms. The van der Waals surface area contributed by atoms with E-state index in [-0.39, 0.29) is 10.8 Å². The molecule has 0 saturated carbocycles. The summed E-state index contributed by atoms with van der Waals surface area (Å²) in [5.41, 5.74) is 20.7. The largest absolute Gasteiger partial charge is 0.344 e. The standard InChI is InChI=1S/C51H55N2S/c1-7-9-34-52-43-30-26-36-18-14-16-22-41(36)47(43)50(3,4)45(52)32-28-38-24-25-39(49(38)54-40-20-12-11-13-21-40)29-33-46-51(5,6)48-42-23-17-15-19-37(42)27-31-44(48)53(46)35-10-8-2/h11-12,14,16-18,20,22-23,26-33H,7-10,15,19,24-25,34-35H2,1-6H3/q+1. The summed E-state index contributed by atoms with van der Waals surface area (Å²) in [7, 11) is 0. The van der Waals surface area contributed by atoms with Crippen molar-refractivity contribution in [2.24, 2.45) is 0 Å². The number of hydrogen-bond acceptors (Lipinski definition) is 2. The minimum absolute atomic E-state index is 0.0838. The number of thioether (sulfide) groups is 1. The first kappa shape index (κ1) is 36.5. The van der Waals surface area contributed by atoms with E-state index in [0.717, 1.165) is 43.7 Å². The van der Waals surface area contributed by atoms with Crippen molar-refractivity contribution in [3.63, 3.8) is 0 Å². The lowest BCUT2D eigenvalue weighted by Crippen LogP contribution is -2.28. The van der Waals surface area contributed by atoms with Crippen LogP contribution in [0.5, 0.6) is 0 Å². The zero-order valence-corrected chi connectivity index (χ0v) is 34.0. The number of aryl methyl sites for hydroxylation is 1. The van der Waals surface area contributed by atoms with Gasteiger partial charge >= 0.3 is 0 Å². The van der Waals surface area contributed by atoms with Crippen molar-refractivity contribution in [3.8, 4) is 0 Å². The van der Waals surface area contributed by atoms with Crippen LogP contribution < -0.4 is 4.90 Å². The molecule has 0 radical (unpaired) electrons. The van der Waals surface area contributed by atoms with Gasteiger partial charge in [0, 0.05) is 52.4 Å². The van der Waals surface area contributed by atoms with E-state index >= 15 is 0 Å². The van der Waals surface area contributed by atoms with E-state index in [1.807, 2.05) is 17.8 Å². The Bertz CT molecular complexity index is 2350. The minimum atomic E-state index is -0.114. The van der Waals surface area contributed by atoms with Crippen LogP contribution in [0.1, 0.15) is 109 Å². The second-order valence-corrected chi connectivity index (χ2v) is 17.5. The molecule has 3 aromatic carbocycles. The number of allylic oxidation sites excluding steroid dienone is 11. The first-order chi connectivity index (χ1) is 26.2. The van der Waals surface area contributed by atoms with Crippen molar-refractivity contribution >= 4 is 45.7 Å². The number of anilines is 1. The quantitative estimate of drug-likeness (QED) is 0.143. The number of unbranched alkanes of at least 4 members (excludes halogenated alkanes) is 2. The van der Waals surface area contributed by atoms with E-state index in [1.54, 1.807) is 0 Å². The molecular weight excluding hydrogens is 673 g/mol. The topological polar surface area (TPSA) is 6.25 Å². The van der Waals surface area contributed by atoms with Crippen LogP contribution in [0.3, 0.4) is 0 Å². The van der Waals surface area contributed by atoms with Crippen LogP contribution in [0.4, 0.5) is 11.4 Å². The van der Waals surface area contributed by atoms with E-state index in [2.05, 4.69) is 160 Å². The molecule has 274 valence electrons. The molecule has 0 spiro atoms.